The number of hydrogen-bond donors (Lipinski definition) is 2. The summed E-state index contributed by atoms with van der Waals surface area (Å²) in [5.41, 5.74) is -0.0704. The van der Waals surface area contributed by atoms with E-state index in [1.54, 1.807) is 0 Å². The van der Waals surface area contributed by atoms with Gasteiger partial charge in [-0.05, 0) is 6.42 Å². The smallest absolute Gasteiger partial charge is 0.331 e. The molecule has 90 valence electrons. The quantitative estimate of drug-likeness (QED) is 0.635. The number of hydrogen-bond acceptors (Lipinski definition) is 4. The summed E-state index contributed by atoms with van der Waals surface area (Å²) >= 11 is 0. The minimum absolute atomic E-state index is 0.0704. The third kappa shape index (κ3) is 4.41. The van der Waals surface area contributed by atoms with Crippen molar-refractivity contribution in [3.8, 4) is 0 Å². The van der Waals surface area contributed by atoms with E-state index in [-0.39, 0.29) is 12.0 Å². The Balaban J connectivity index is 2.43. The summed E-state index contributed by atoms with van der Waals surface area (Å²) < 4.78 is 5.15. The molecule has 1 heterocycles. The van der Waals surface area contributed by atoms with Crippen molar-refractivity contribution in [1.82, 2.24) is 4.90 Å². The zero-order valence-corrected chi connectivity index (χ0v) is 8.89. The molecule has 0 radical (unpaired) electrons. The molecule has 0 atom stereocenters. The second kappa shape index (κ2) is 6.24. The van der Waals surface area contributed by atoms with Gasteiger partial charge in [-0.2, -0.15) is 0 Å². The number of carboxylic acids is 2. The van der Waals surface area contributed by atoms with Crippen LogP contribution in [0.2, 0.25) is 0 Å². The molecule has 0 aromatic rings. The lowest BCUT2D eigenvalue weighted by molar-refractivity contribution is -0.135. The van der Waals surface area contributed by atoms with Gasteiger partial charge in [-0.15, -0.1) is 0 Å². The van der Waals surface area contributed by atoms with Crippen molar-refractivity contribution in [2.75, 3.05) is 32.8 Å². The summed E-state index contributed by atoms with van der Waals surface area (Å²) in [5, 5.41) is 17.3. The largest absolute Gasteiger partial charge is 0.478 e. The number of aliphatic carboxylic acids is 2. The number of carbonyl (C=O) groups is 2. The van der Waals surface area contributed by atoms with E-state index in [0.29, 0.717) is 19.8 Å². The van der Waals surface area contributed by atoms with Crippen molar-refractivity contribution in [2.24, 2.45) is 0 Å². The minimum atomic E-state index is -1.22. The number of carboxylic acid groups (broad SMARTS) is 2. The first kappa shape index (κ1) is 12.7. The van der Waals surface area contributed by atoms with Crippen LogP contribution in [0, 0.1) is 0 Å². The fourth-order valence-corrected chi connectivity index (χ4v) is 1.49. The van der Waals surface area contributed by atoms with E-state index in [4.69, 9.17) is 14.9 Å². The molecule has 0 aromatic heterocycles. The first-order valence-corrected chi connectivity index (χ1v) is 5.06. The van der Waals surface area contributed by atoms with E-state index in [1.807, 2.05) is 0 Å². The molecule has 0 amide bonds. The highest BCUT2D eigenvalue weighted by atomic mass is 16.5. The molecular weight excluding hydrogens is 214 g/mol. The van der Waals surface area contributed by atoms with E-state index >= 15 is 0 Å². The Morgan fingerprint density at radius 3 is 2.38 bits per heavy atom. The van der Waals surface area contributed by atoms with Gasteiger partial charge in [0, 0.05) is 31.3 Å². The fourth-order valence-electron chi connectivity index (χ4n) is 1.49. The van der Waals surface area contributed by atoms with Crippen LogP contribution in [-0.4, -0.2) is 59.9 Å². The standard InChI is InChI=1S/C10H15NO5/c12-9(13)7-8(10(14)15)1-2-11-3-5-16-6-4-11/h7H,1-6H2,(H,12,13)(H,14,15). The molecule has 1 aliphatic heterocycles. The molecule has 1 rings (SSSR count). The van der Waals surface area contributed by atoms with E-state index in [2.05, 4.69) is 4.90 Å². The van der Waals surface area contributed by atoms with Crippen LogP contribution in [0.15, 0.2) is 11.6 Å². The topological polar surface area (TPSA) is 87.1 Å². The van der Waals surface area contributed by atoms with E-state index < -0.39 is 11.9 Å². The fraction of sp³-hybridized carbons (Fsp3) is 0.600. The molecule has 0 bridgehead atoms. The molecule has 2 N–H and O–H groups in total. The predicted octanol–water partition coefficient (Wildman–Crippen LogP) is -0.196. The van der Waals surface area contributed by atoms with Crippen LogP contribution >= 0.6 is 0 Å². The lowest BCUT2D eigenvalue weighted by Gasteiger charge is -2.26. The van der Waals surface area contributed by atoms with Gasteiger partial charge in [0.25, 0.3) is 0 Å². The van der Waals surface area contributed by atoms with Crippen molar-refractivity contribution in [3.63, 3.8) is 0 Å². The average molecular weight is 229 g/mol. The average Bonchev–Trinajstić information content (AvgIpc) is 2.25. The predicted molar refractivity (Wildman–Crippen MR) is 55.2 cm³/mol. The van der Waals surface area contributed by atoms with Gasteiger partial charge in [-0.3, -0.25) is 4.90 Å². The maximum Gasteiger partial charge on any atom is 0.331 e. The number of morpholine rings is 1. The molecule has 0 unspecified atom stereocenters. The van der Waals surface area contributed by atoms with Gasteiger partial charge >= 0.3 is 11.9 Å². The van der Waals surface area contributed by atoms with Crippen LogP contribution in [0.1, 0.15) is 6.42 Å². The molecule has 0 aliphatic carbocycles. The number of ether oxygens (including phenoxy) is 1. The normalized spacial score (nSPS) is 18.4. The van der Waals surface area contributed by atoms with Crippen LogP contribution in [0.3, 0.4) is 0 Å². The zero-order chi connectivity index (χ0) is 12.0. The highest BCUT2D eigenvalue weighted by Gasteiger charge is 2.14. The van der Waals surface area contributed by atoms with Gasteiger partial charge in [0.05, 0.1) is 13.2 Å². The third-order valence-corrected chi connectivity index (χ3v) is 2.37. The molecule has 6 heteroatoms. The van der Waals surface area contributed by atoms with Gasteiger partial charge in [-0.25, -0.2) is 9.59 Å². The Bertz CT molecular complexity index is 294. The Morgan fingerprint density at radius 1 is 1.25 bits per heavy atom. The lowest BCUT2D eigenvalue weighted by atomic mass is 10.1. The van der Waals surface area contributed by atoms with Crippen LogP contribution in [0.5, 0.6) is 0 Å². The zero-order valence-electron chi connectivity index (χ0n) is 8.89. The summed E-state index contributed by atoms with van der Waals surface area (Å²) in [7, 11) is 0. The van der Waals surface area contributed by atoms with Gasteiger partial charge < -0.3 is 14.9 Å². The molecular formula is C10H15NO5. The first-order valence-electron chi connectivity index (χ1n) is 5.06. The van der Waals surface area contributed by atoms with Gasteiger partial charge in [0.15, 0.2) is 0 Å². The molecule has 16 heavy (non-hydrogen) atoms. The van der Waals surface area contributed by atoms with Gasteiger partial charge in [0.1, 0.15) is 0 Å². The van der Waals surface area contributed by atoms with Crippen LogP contribution in [0.4, 0.5) is 0 Å². The van der Waals surface area contributed by atoms with Crippen molar-refractivity contribution in [1.29, 1.82) is 0 Å². The highest BCUT2D eigenvalue weighted by Crippen LogP contribution is 2.05. The summed E-state index contributed by atoms with van der Waals surface area (Å²) in [6, 6.07) is 0. The molecule has 6 nitrogen and oxygen atoms in total. The Kier molecular flexibility index (Phi) is 4.94. The second-order valence-electron chi connectivity index (χ2n) is 3.52. The third-order valence-electron chi connectivity index (χ3n) is 2.37. The van der Waals surface area contributed by atoms with Gasteiger partial charge in [0.2, 0.25) is 0 Å². The second-order valence-corrected chi connectivity index (χ2v) is 3.52. The summed E-state index contributed by atoms with van der Waals surface area (Å²) in [6.45, 7) is 3.37. The minimum Gasteiger partial charge on any atom is -0.478 e. The summed E-state index contributed by atoms with van der Waals surface area (Å²) in [6.07, 6.45) is 0.990. The van der Waals surface area contributed by atoms with Crippen LogP contribution < -0.4 is 0 Å². The molecule has 1 saturated heterocycles. The maximum atomic E-state index is 10.7. The number of nitrogens with zero attached hydrogens (tertiary/aromatic N) is 1. The van der Waals surface area contributed by atoms with E-state index in [0.717, 1.165) is 19.2 Å². The number of rotatable bonds is 5. The van der Waals surface area contributed by atoms with Crippen molar-refractivity contribution >= 4 is 11.9 Å². The molecule has 0 aromatic carbocycles. The summed E-state index contributed by atoms with van der Waals surface area (Å²) in [4.78, 5) is 23.2. The maximum absolute atomic E-state index is 10.7. The molecule has 1 fully saturated rings. The molecule has 0 spiro atoms. The van der Waals surface area contributed by atoms with Crippen molar-refractivity contribution < 1.29 is 24.5 Å². The summed E-state index contributed by atoms with van der Waals surface area (Å²) in [5.74, 6) is -2.39. The SMILES string of the molecule is O=C(O)C=C(CCN1CCOCC1)C(=O)O. The van der Waals surface area contributed by atoms with Crippen molar-refractivity contribution in [3.05, 3.63) is 11.6 Å². The van der Waals surface area contributed by atoms with Gasteiger partial charge in [-0.1, -0.05) is 0 Å². The van der Waals surface area contributed by atoms with E-state index in [1.165, 1.54) is 0 Å². The van der Waals surface area contributed by atoms with E-state index in [9.17, 15) is 9.59 Å². The highest BCUT2D eigenvalue weighted by molar-refractivity contribution is 5.94. The molecule has 0 saturated carbocycles. The Hall–Kier alpha value is -1.40. The van der Waals surface area contributed by atoms with Crippen LogP contribution in [-0.2, 0) is 14.3 Å². The Labute approximate surface area is 93.1 Å². The Morgan fingerprint density at radius 2 is 1.88 bits per heavy atom. The monoisotopic (exact) mass is 229 g/mol. The van der Waals surface area contributed by atoms with Crippen LogP contribution in [0.25, 0.3) is 0 Å². The lowest BCUT2D eigenvalue weighted by Crippen LogP contribution is -2.37. The molecule has 1 aliphatic rings. The first-order chi connectivity index (χ1) is 7.59. The van der Waals surface area contributed by atoms with Crippen molar-refractivity contribution in [2.45, 2.75) is 6.42 Å².